The van der Waals surface area contributed by atoms with Gasteiger partial charge in [-0.3, -0.25) is 0 Å². The molecule has 0 amide bonds. The highest BCUT2D eigenvalue weighted by molar-refractivity contribution is 9.10. The van der Waals surface area contributed by atoms with Crippen LogP contribution in [0.2, 0.25) is 0 Å². The van der Waals surface area contributed by atoms with Crippen molar-refractivity contribution in [2.24, 2.45) is 0 Å². The van der Waals surface area contributed by atoms with E-state index < -0.39 is 0 Å². The van der Waals surface area contributed by atoms with E-state index in [0.29, 0.717) is 17.4 Å². The van der Waals surface area contributed by atoms with Crippen molar-refractivity contribution in [1.82, 2.24) is 0 Å². The predicted octanol–water partition coefficient (Wildman–Crippen LogP) is 5.26. The van der Waals surface area contributed by atoms with Crippen molar-refractivity contribution in [3.05, 3.63) is 52.0 Å². The molecule has 2 rings (SSSR count). The molecule has 2 aromatic carbocycles. The summed E-state index contributed by atoms with van der Waals surface area (Å²) in [7, 11) is 0. The largest absolute Gasteiger partial charge is 0.455 e. The zero-order valence-corrected chi connectivity index (χ0v) is 13.0. The standard InChI is InChI=1S/C16H18BrNO/c1-10(2)12-5-4-11(3)15(8-12)19-16-9-13(17)6-7-14(16)18/h4-10H,18H2,1-3H3. The number of hydrogen-bond donors (Lipinski definition) is 1. The summed E-state index contributed by atoms with van der Waals surface area (Å²) >= 11 is 3.43. The highest BCUT2D eigenvalue weighted by Gasteiger charge is 2.08. The summed E-state index contributed by atoms with van der Waals surface area (Å²) < 4.78 is 6.91. The van der Waals surface area contributed by atoms with Crippen LogP contribution in [0.1, 0.15) is 30.9 Å². The second-order valence-electron chi connectivity index (χ2n) is 4.96. The van der Waals surface area contributed by atoms with Gasteiger partial charge in [0, 0.05) is 4.47 Å². The molecule has 0 spiro atoms. The Morgan fingerprint density at radius 2 is 1.79 bits per heavy atom. The van der Waals surface area contributed by atoms with E-state index in [9.17, 15) is 0 Å². The lowest BCUT2D eigenvalue weighted by atomic mass is 10.0. The van der Waals surface area contributed by atoms with Gasteiger partial charge in [0.1, 0.15) is 5.75 Å². The van der Waals surface area contributed by atoms with E-state index in [4.69, 9.17) is 10.5 Å². The third kappa shape index (κ3) is 3.29. The molecule has 0 saturated heterocycles. The van der Waals surface area contributed by atoms with Gasteiger partial charge in [0.05, 0.1) is 5.69 Å². The molecule has 0 bridgehead atoms. The molecule has 0 unspecified atom stereocenters. The molecule has 0 heterocycles. The third-order valence-electron chi connectivity index (χ3n) is 3.07. The quantitative estimate of drug-likeness (QED) is 0.783. The number of halogens is 1. The molecule has 2 aromatic rings. The molecule has 0 fully saturated rings. The average molecular weight is 320 g/mol. The molecular formula is C16H18BrNO. The number of rotatable bonds is 3. The number of nitrogens with two attached hydrogens (primary N) is 1. The first kappa shape index (κ1) is 13.9. The maximum absolute atomic E-state index is 5.96. The van der Waals surface area contributed by atoms with Crippen LogP contribution in [0.4, 0.5) is 5.69 Å². The monoisotopic (exact) mass is 319 g/mol. The molecule has 100 valence electrons. The van der Waals surface area contributed by atoms with Crippen LogP contribution in [0.3, 0.4) is 0 Å². The van der Waals surface area contributed by atoms with Gasteiger partial charge in [-0.2, -0.15) is 0 Å². The fourth-order valence-corrected chi connectivity index (χ4v) is 2.14. The average Bonchev–Trinajstić information content (AvgIpc) is 2.36. The van der Waals surface area contributed by atoms with Gasteiger partial charge < -0.3 is 10.5 Å². The van der Waals surface area contributed by atoms with Gasteiger partial charge in [-0.15, -0.1) is 0 Å². The topological polar surface area (TPSA) is 35.2 Å². The molecule has 19 heavy (non-hydrogen) atoms. The summed E-state index contributed by atoms with van der Waals surface area (Å²) in [5.74, 6) is 2.01. The van der Waals surface area contributed by atoms with Crippen molar-refractivity contribution in [1.29, 1.82) is 0 Å². The second kappa shape index (κ2) is 5.66. The minimum absolute atomic E-state index is 0.475. The van der Waals surface area contributed by atoms with Crippen LogP contribution in [0.15, 0.2) is 40.9 Å². The Morgan fingerprint density at radius 1 is 1.05 bits per heavy atom. The normalized spacial score (nSPS) is 10.8. The van der Waals surface area contributed by atoms with E-state index in [1.165, 1.54) is 5.56 Å². The summed E-state index contributed by atoms with van der Waals surface area (Å²) in [6.45, 7) is 6.37. The maximum Gasteiger partial charge on any atom is 0.151 e. The summed E-state index contributed by atoms with van der Waals surface area (Å²) in [4.78, 5) is 0. The lowest BCUT2D eigenvalue weighted by Gasteiger charge is -2.14. The molecule has 0 atom stereocenters. The highest BCUT2D eigenvalue weighted by Crippen LogP contribution is 2.33. The fourth-order valence-electron chi connectivity index (χ4n) is 1.80. The second-order valence-corrected chi connectivity index (χ2v) is 5.88. The molecule has 0 aromatic heterocycles. The van der Waals surface area contributed by atoms with Gasteiger partial charge in [-0.05, 0) is 48.2 Å². The zero-order valence-electron chi connectivity index (χ0n) is 11.4. The van der Waals surface area contributed by atoms with E-state index in [0.717, 1.165) is 15.8 Å². The van der Waals surface area contributed by atoms with Crippen LogP contribution in [-0.2, 0) is 0 Å². The summed E-state index contributed by atoms with van der Waals surface area (Å²) in [5.41, 5.74) is 8.94. The predicted molar refractivity (Wildman–Crippen MR) is 83.9 cm³/mol. The van der Waals surface area contributed by atoms with Crippen LogP contribution < -0.4 is 10.5 Å². The Hall–Kier alpha value is -1.48. The van der Waals surface area contributed by atoms with Crippen molar-refractivity contribution in [3.63, 3.8) is 0 Å². The lowest BCUT2D eigenvalue weighted by molar-refractivity contribution is 0.480. The molecule has 2 N–H and O–H groups in total. The van der Waals surface area contributed by atoms with Crippen molar-refractivity contribution >= 4 is 21.6 Å². The van der Waals surface area contributed by atoms with Gasteiger partial charge in [0.25, 0.3) is 0 Å². The molecule has 0 aliphatic heterocycles. The van der Waals surface area contributed by atoms with Crippen LogP contribution in [0.5, 0.6) is 11.5 Å². The number of anilines is 1. The molecule has 3 heteroatoms. The number of nitrogen functional groups attached to an aromatic ring is 1. The van der Waals surface area contributed by atoms with E-state index >= 15 is 0 Å². The highest BCUT2D eigenvalue weighted by atomic mass is 79.9. The Balaban J connectivity index is 2.37. The van der Waals surface area contributed by atoms with Gasteiger partial charge >= 0.3 is 0 Å². The minimum Gasteiger partial charge on any atom is -0.455 e. The van der Waals surface area contributed by atoms with Crippen LogP contribution in [-0.4, -0.2) is 0 Å². The summed E-state index contributed by atoms with van der Waals surface area (Å²) in [5, 5.41) is 0. The van der Waals surface area contributed by atoms with Gasteiger partial charge in [-0.1, -0.05) is 41.9 Å². The van der Waals surface area contributed by atoms with Gasteiger partial charge in [0.2, 0.25) is 0 Å². The minimum atomic E-state index is 0.475. The number of benzene rings is 2. The van der Waals surface area contributed by atoms with Crippen molar-refractivity contribution in [2.45, 2.75) is 26.7 Å². The molecule has 0 saturated carbocycles. The van der Waals surface area contributed by atoms with E-state index in [1.807, 2.05) is 25.1 Å². The van der Waals surface area contributed by atoms with E-state index in [1.54, 1.807) is 0 Å². The first-order valence-electron chi connectivity index (χ1n) is 6.31. The Kier molecular flexibility index (Phi) is 4.15. The maximum atomic E-state index is 5.96. The first-order chi connectivity index (χ1) is 8.97. The van der Waals surface area contributed by atoms with Gasteiger partial charge in [-0.25, -0.2) is 0 Å². The smallest absolute Gasteiger partial charge is 0.151 e. The fraction of sp³-hybridized carbons (Fsp3) is 0.250. The van der Waals surface area contributed by atoms with Crippen molar-refractivity contribution in [3.8, 4) is 11.5 Å². The molecule has 0 aliphatic carbocycles. The van der Waals surface area contributed by atoms with E-state index in [-0.39, 0.29) is 0 Å². The van der Waals surface area contributed by atoms with Crippen molar-refractivity contribution < 1.29 is 4.74 Å². The number of aryl methyl sites for hydroxylation is 1. The first-order valence-corrected chi connectivity index (χ1v) is 7.10. The van der Waals surface area contributed by atoms with Crippen molar-refractivity contribution in [2.75, 3.05) is 5.73 Å². The molecular weight excluding hydrogens is 302 g/mol. The van der Waals surface area contributed by atoms with Crippen LogP contribution >= 0.6 is 15.9 Å². The van der Waals surface area contributed by atoms with Crippen LogP contribution in [0.25, 0.3) is 0 Å². The lowest BCUT2D eigenvalue weighted by Crippen LogP contribution is -1.95. The Morgan fingerprint density at radius 3 is 2.47 bits per heavy atom. The van der Waals surface area contributed by atoms with Crippen LogP contribution in [0, 0.1) is 6.92 Å². The third-order valence-corrected chi connectivity index (χ3v) is 3.57. The molecule has 2 nitrogen and oxygen atoms in total. The van der Waals surface area contributed by atoms with Gasteiger partial charge in [0.15, 0.2) is 5.75 Å². The molecule has 0 aliphatic rings. The molecule has 0 radical (unpaired) electrons. The SMILES string of the molecule is Cc1ccc(C(C)C)cc1Oc1cc(Br)ccc1N. The Labute approximate surface area is 122 Å². The van der Waals surface area contributed by atoms with E-state index in [2.05, 4.69) is 48.0 Å². The number of hydrogen-bond acceptors (Lipinski definition) is 2. The summed E-state index contributed by atoms with van der Waals surface area (Å²) in [6.07, 6.45) is 0. The zero-order chi connectivity index (χ0) is 14.0. The Bertz CT molecular complexity index is 593. The number of ether oxygens (including phenoxy) is 1. The summed E-state index contributed by atoms with van der Waals surface area (Å²) in [6, 6.07) is 11.9.